The molecule has 0 saturated carbocycles. The Kier molecular flexibility index (Phi) is 6.71. The topological polar surface area (TPSA) is 127 Å². The van der Waals surface area contributed by atoms with Crippen LogP contribution in [0.3, 0.4) is 0 Å². The highest BCUT2D eigenvalue weighted by molar-refractivity contribution is 5.94. The molecule has 0 saturated heterocycles. The molecule has 8 nitrogen and oxygen atoms in total. The van der Waals surface area contributed by atoms with Crippen LogP contribution in [0.25, 0.3) is 0 Å². The van der Waals surface area contributed by atoms with Crippen molar-refractivity contribution >= 4 is 23.9 Å². The van der Waals surface area contributed by atoms with Gasteiger partial charge in [-0.15, -0.1) is 0 Å². The lowest BCUT2D eigenvalue weighted by molar-refractivity contribution is 0.00613. The first-order valence-electron chi connectivity index (χ1n) is 8.60. The first kappa shape index (κ1) is 21.6. The van der Waals surface area contributed by atoms with Crippen molar-refractivity contribution in [2.75, 3.05) is 13.2 Å². The van der Waals surface area contributed by atoms with Crippen molar-refractivity contribution in [3.63, 3.8) is 0 Å². The van der Waals surface area contributed by atoms with Crippen LogP contribution in [-0.4, -0.2) is 47.3 Å². The van der Waals surface area contributed by atoms with E-state index in [0.29, 0.717) is 0 Å². The van der Waals surface area contributed by atoms with E-state index in [0.717, 1.165) is 0 Å². The van der Waals surface area contributed by atoms with Gasteiger partial charge < -0.3 is 19.7 Å². The van der Waals surface area contributed by atoms with Crippen LogP contribution in [0, 0.1) is 5.41 Å². The molecule has 0 bridgehead atoms. The van der Waals surface area contributed by atoms with E-state index in [1.807, 2.05) is 0 Å². The van der Waals surface area contributed by atoms with Gasteiger partial charge in [0.1, 0.15) is 0 Å². The molecule has 29 heavy (non-hydrogen) atoms. The van der Waals surface area contributed by atoms with Crippen LogP contribution >= 0.6 is 0 Å². The highest BCUT2D eigenvalue weighted by Gasteiger charge is 2.24. The molecule has 2 aromatic carbocycles. The summed E-state index contributed by atoms with van der Waals surface area (Å²) in [4.78, 5) is 46.1. The number of carbonyl (C=O) groups is 4. The molecule has 0 spiro atoms. The van der Waals surface area contributed by atoms with Crippen molar-refractivity contribution < 1.29 is 38.9 Å². The lowest BCUT2D eigenvalue weighted by atomic mass is 9.96. The lowest BCUT2D eigenvalue weighted by Crippen LogP contribution is -2.28. The second-order valence-corrected chi connectivity index (χ2v) is 7.08. The van der Waals surface area contributed by atoms with Crippen LogP contribution in [0.2, 0.25) is 0 Å². The zero-order valence-corrected chi connectivity index (χ0v) is 15.9. The van der Waals surface area contributed by atoms with Gasteiger partial charge in [0.05, 0.1) is 35.5 Å². The van der Waals surface area contributed by atoms with Gasteiger partial charge >= 0.3 is 23.9 Å². The minimum absolute atomic E-state index is 0.0263. The second kappa shape index (κ2) is 9.01. The average Bonchev–Trinajstić information content (AvgIpc) is 2.70. The van der Waals surface area contributed by atoms with Gasteiger partial charge in [0.25, 0.3) is 0 Å². The van der Waals surface area contributed by atoms with Gasteiger partial charge in [-0.1, -0.05) is 19.9 Å². The van der Waals surface area contributed by atoms with Crippen molar-refractivity contribution in [2.45, 2.75) is 13.8 Å². The predicted octanol–water partition coefficient (Wildman–Crippen LogP) is 3.12. The summed E-state index contributed by atoms with van der Waals surface area (Å²) < 4.78 is 10.4. The van der Waals surface area contributed by atoms with Gasteiger partial charge in [-0.25, -0.2) is 19.2 Å². The summed E-state index contributed by atoms with van der Waals surface area (Å²) in [6.07, 6.45) is 0. The fourth-order valence-corrected chi connectivity index (χ4v) is 2.26. The van der Waals surface area contributed by atoms with E-state index in [1.165, 1.54) is 48.5 Å². The molecule has 0 atom stereocenters. The van der Waals surface area contributed by atoms with E-state index in [-0.39, 0.29) is 35.5 Å². The summed E-state index contributed by atoms with van der Waals surface area (Å²) in [6, 6.07) is 10.8. The average molecular weight is 400 g/mol. The number of carboxylic acids is 2. The maximum atomic E-state index is 12.1. The van der Waals surface area contributed by atoms with Crippen molar-refractivity contribution in [1.82, 2.24) is 0 Å². The van der Waals surface area contributed by atoms with Crippen LogP contribution in [0.5, 0.6) is 0 Å². The third-order valence-electron chi connectivity index (χ3n) is 3.90. The number of benzene rings is 2. The van der Waals surface area contributed by atoms with E-state index in [2.05, 4.69) is 0 Å². The lowest BCUT2D eigenvalue weighted by Gasteiger charge is -2.23. The third-order valence-corrected chi connectivity index (χ3v) is 3.90. The number of carboxylic acid groups (broad SMARTS) is 2. The first-order chi connectivity index (χ1) is 13.6. The number of rotatable bonds is 8. The Balaban J connectivity index is 1.90. The summed E-state index contributed by atoms with van der Waals surface area (Å²) in [6.45, 7) is 3.35. The zero-order chi connectivity index (χ0) is 21.6. The molecule has 2 rings (SSSR count). The van der Waals surface area contributed by atoms with Crippen molar-refractivity contribution in [3.05, 3.63) is 70.8 Å². The molecule has 2 aromatic rings. The molecule has 0 unspecified atom stereocenters. The Morgan fingerprint density at radius 1 is 0.724 bits per heavy atom. The van der Waals surface area contributed by atoms with Crippen LogP contribution in [0.15, 0.2) is 48.5 Å². The number of aromatic carboxylic acids is 2. The molecule has 0 amide bonds. The summed E-state index contributed by atoms with van der Waals surface area (Å²) in [5.74, 6) is -3.56. The van der Waals surface area contributed by atoms with Gasteiger partial charge in [0.15, 0.2) is 0 Å². The van der Waals surface area contributed by atoms with E-state index in [9.17, 15) is 19.2 Å². The smallest absolute Gasteiger partial charge is 0.338 e. The highest BCUT2D eigenvalue weighted by atomic mass is 16.5. The Hall–Kier alpha value is -3.68. The number of hydrogen-bond donors (Lipinski definition) is 2. The molecule has 0 aliphatic rings. The SMILES string of the molecule is CC(C)(COC(=O)c1ccc(C(=O)O)cc1)COC(=O)c1cccc(C(=O)O)c1. The van der Waals surface area contributed by atoms with E-state index < -0.39 is 29.3 Å². The minimum Gasteiger partial charge on any atom is -0.478 e. The molecule has 8 heteroatoms. The molecule has 0 fully saturated rings. The highest BCUT2D eigenvalue weighted by Crippen LogP contribution is 2.19. The van der Waals surface area contributed by atoms with Crippen LogP contribution in [0.1, 0.15) is 55.3 Å². The van der Waals surface area contributed by atoms with Gasteiger partial charge in [-0.3, -0.25) is 0 Å². The Morgan fingerprint density at radius 2 is 1.17 bits per heavy atom. The quantitative estimate of drug-likeness (QED) is 0.647. The fourth-order valence-electron chi connectivity index (χ4n) is 2.26. The van der Waals surface area contributed by atoms with Crippen molar-refractivity contribution in [2.24, 2.45) is 5.41 Å². The zero-order valence-electron chi connectivity index (χ0n) is 15.9. The monoisotopic (exact) mass is 400 g/mol. The molecule has 2 N–H and O–H groups in total. The molecular formula is C21H20O8. The Bertz CT molecular complexity index is 928. The first-order valence-corrected chi connectivity index (χ1v) is 8.60. The molecule has 0 radical (unpaired) electrons. The molecule has 0 heterocycles. The molecule has 0 aromatic heterocycles. The van der Waals surface area contributed by atoms with Crippen LogP contribution < -0.4 is 0 Å². The van der Waals surface area contributed by atoms with Gasteiger partial charge in [0, 0.05) is 5.41 Å². The third kappa shape index (κ3) is 6.17. The number of ether oxygens (including phenoxy) is 2. The van der Waals surface area contributed by atoms with Gasteiger partial charge in [-0.05, 0) is 42.5 Å². The van der Waals surface area contributed by atoms with Crippen LogP contribution in [-0.2, 0) is 9.47 Å². The standard InChI is InChI=1S/C21H20O8/c1-21(2,11-28-19(26)14-8-6-13(7-9-14)17(22)23)12-29-20(27)16-5-3-4-15(10-16)18(24)25/h3-10H,11-12H2,1-2H3,(H,22,23)(H,24,25). The second-order valence-electron chi connectivity index (χ2n) is 7.08. The molecular weight excluding hydrogens is 380 g/mol. The number of hydrogen-bond acceptors (Lipinski definition) is 6. The molecule has 152 valence electrons. The fraction of sp³-hybridized carbons (Fsp3) is 0.238. The molecule has 0 aliphatic heterocycles. The molecule has 0 aliphatic carbocycles. The van der Waals surface area contributed by atoms with Crippen LogP contribution in [0.4, 0.5) is 0 Å². The van der Waals surface area contributed by atoms with Gasteiger partial charge in [-0.2, -0.15) is 0 Å². The Morgan fingerprint density at radius 3 is 1.69 bits per heavy atom. The summed E-state index contributed by atoms with van der Waals surface area (Å²) in [7, 11) is 0. The maximum Gasteiger partial charge on any atom is 0.338 e. The number of carbonyl (C=O) groups excluding carboxylic acids is 2. The van der Waals surface area contributed by atoms with Crippen molar-refractivity contribution in [3.8, 4) is 0 Å². The predicted molar refractivity (Wildman–Crippen MR) is 101 cm³/mol. The van der Waals surface area contributed by atoms with Gasteiger partial charge in [0.2, 0.25) is 0 Å². The van der Waals surface area contributed by atoms with E-state index in [1.54, 1.807) is 13.8 Å². The minimum atomic E-state index is -1.15. The number of esters is 2. The van der Waals surface area contributed by atoms with Crippen molar-refractivity contribution in [1.29, 1.82) is 0 Å². The normalized spacial score (nSPS) is 10.8. The largest absolute Gasteiger partial charge is 0.478 e. The summed E-state index contributed by atoms with van der Waals surface area (Å²) in [5.41, 5.74) is -0.358. The van der Waals surface area contributed by atoms with E-state index >= 15 is 0 Å². The Labute approximate surface area is 166 Å². The summed E-state index contributed by atoms with van der Waals surface area (Å²) >= 11 is 0. The maximum absolute atomic E-state index is 12.1. The van der Waals surface area contributed by atoms with E-state index in [4.69, 9.17) is 19.7 Å². The summed E-state index contributed by atoms with van der Waals surface area (Å²) in [5, 5.41) is 17.8.